The third kappa shape index (κ3) is 4.54. The molecule has 1 unspecified atom stereocenters. The van der Waals surface area contributed by atoms with Crippen molar-refractivity contribution in [2.45, 2.75) is 15.8 Å². The molecule has 4 rings (SSSR count). The lowest BCUT2D eigenvalue weighted by molar-refractivity contribution is -0.138. The Labute approximate surface area is 204 Å². The van der Waals surface area contributed by atoms with E-state index >= 15 is 0 Å². The first-order chi connectivity index (χ1) is 15.6. The predicted molar refractivity (Wildman–Crippen MR) is 127 cm³/mol. The van der Waals surface area contributed by atoms with E-state index in [-0.39, 0.29) is 9.79 Å². The fourth-order valence-electron chi connectivity index (χ4n) is 3.22. The summed E-state index contributed by atoms with van der Waals surface area (Å²) in [4.78, 5) is 14.1. The van der Waals surface area contributed by atoms with Crippen LogP contribution in [0.1, 0.15) is 11.6 Å². The number of hydrogen-bond acceptors (Lipinski definition) is 5. The van der Waals surface area contributed by atoms with Crippen molar-refractivity contribution in [3.8, 4) is 11.5 Å². The number of H-pyrrole nitrogens is 1. The minimum absolute atomic E-state index is 0.0236. The Kier molecular flexibility index (Phi) is 6.32. The maximum absolute atomic E-state index is 13.2. The van der Waals surface area contributed by atoms with Crippen LogP contribution in [-0.4, -0.2) is 24.5 Å². The molecule has 170 valence electrons. The third-order valence-electron chi connectivity index (χ3n) is 4.89. The van der Waals surface area contributed by atoms with E-state index in [4.69, 9.17) is 15.6 Å². The number of nitrogens with two attached hydrogens (primary N) is 1. The molecule has 0 bridgehead atoms. The molecule has 3 aromatic carbocycles. The molecule has 11 heteroatoms. The Bertz CT molecular complexity index is 1460. The first kappa shape index (κ1) is 23.4. The van der Waals surface area contributed by atoms with E-state index in [2.05, 4.69) is 36.8 Å². The average Bonchev–Trinajstić information content (AvgIpc) is 3.20. The molecule has 0 amide bonds. The van der Waals surface area contributed by atoms with Crippen LogP contribution < -0.4 is 10.5 Å². The number of hydrogen-bond donors (Lipinski definition) is 3. The van der Waals surface area contributed by atoms with E-state index in [0.29, 0.717) is 36.9 Å². The number of rotatable bonds is 6. The van der Waals surface area contributed by atoms with Gasteiger partial charge in [-0.25, -0.2) is 12.8 Å². The Balaban J connectivity index is 1.73. The summed E-state index contributed by atoms with van der Waals surface area (Å²) in [6.07, 6.45) is 1.38. The number of nitrogens with one attached hydrogen (secondary N) is 1. The zero-order valence-electron chi connectivity index (χ0n) is 16.6. The molecule has 7 nitrogen and oxygen atoms in total. The zero-order valence-corrected chi connectivity index (χ0v) is 20.5. The van der Waals surface area contributed by atoms with Gasteiger partial charge in [0, 0.05) is 17.1 Å². The average molecular weight is 598 g/mol. The highest BCUT2D eigenvalue weighted by Gasteiger charge is 2.23. The summed E-state index contributed by atoms with van der Waals surface area (Å²) < 4.78 is 46.3. The van der Waals surface area contributed by atoms with Crippen molar-refractivity contribution in [3.05, 3.63) is 81.1 Å². The van der Waals surface area contributed by atoms with Crippen LogP contribution >= 0.6 is 31.9 Å². The maximum atomic E-state index is 13.2. The molecule has 0 aliphatic heterocycles. The highest BCUT2D eigenvalue weighted by Crippen LogP contribution is 2.40. The first-order valence-corrected chi connectivity index (χ1v) is 12.4. The topological polar surface area (TPSA) is 122 Å². The smallest absolute Gasteiger partial charge is 0.325 e. The van der Waals surface area contributed by atoms with Crippen LogP contribution in [-0.2, 0) is 14.6 Å². The van der Waals surface area contributed by atoms with Crippen LogP contribution in [0, 0.1) is 5.82 Å². The van der Waals surface area contributed by atoms with E-state index in [9.17, 15) is 17.6 Å². The number of ether oxygens (including phenoxy) is 1. The van der Waals surface area contributed by atoms with Gasteiger partial charge in [-0.1, -0.05) is 0 Å². The van der Waals surface area contributed by atoms with Gasteiger partial charge in [0.05, 0.1) is 18.7 Å². The number of benzene rings is 3. The van der Waals surface area contributed by atoms with E-state index in [1.54, 1.807) is 18.2 Å². The molecule has 0 aliphatic carbocycles. The van der Waals surface area contributed by atoms with Gasteiger partial charge in [0.2, 0.25) is 9.84 Å². The van der Waals surface area contributed by atoms with Crippen LogP contribution in [0.25, 0.3) is 10.9 Å². The molecule has 1 atom stereocenters. The van der Waals surface area contributed by atoms with Gasteiger partial charge in [-0.2, -0.15) is 0 Å². The number of carboxylic acid groups (broad SMARTS) is 1. The van der Waals surface area contributed by atoms with Crippen LogP contribution in [0.15, 0.2) is 79.5 Å². The second-order valence-corrected chi connectivity index (χ2v) is 10.7. The van der Waals surface area contributed by atoms with Crippen LogP contribution in [0.2, 0.25) is 0 Å². The SMILES string of the molecule is NC(C(=O)O)c1cc(Br)c(Oc2ccc3[nH]cc(S(=O)(=O)c4ccc(F)cc4)c3c2)c(Br)c1. The van der Waals surface area contributed by atoms with Gasteiger partial charge in [-0.3, -0.25) is 4.79 Å². The Morgan fingerprint density at radius 1 is 1.06 bits per heavy atom. The predicted octanol–water partition coefficient (Wildman–Crippen LogP) is 5.54. The van der Waals surface area contributed by atoms with Crippen LogP contribution in [0.4, 0.5) is 4.39 Å². The van der Waals surface area contributed by atoms with Crippen LogP contribution in [0.5, 0.6) is 11.5 Å². The molecule has 4 N–H and O–H groups in total. The molecule has 1 aromatic heterocycles. The van der Waals surface area contributed by atoms with E-state index in [1.807, 2.05) is 0 Å². The Hall–Kier alpha value is -2.73. The highest BCUT2D eigenvalue weighted by molar-refractivity contribution is 9.11. The molecule has 0 fully saturated rings. The van der Waals surface area contributed by atoms with Gasteiger partial charge in [-0.15, -0.1) is 0 Å². The minimum atomic E-state index is -3.91. The second kappa shape index (κ2) is 8.90. The van der Waals surface area contributed by atoms with Crippen molar-refractivity contribution >= 4 is 58.6 Å². The normalized spacial score (nSPS) is 12.6. The lowest BCUT2D eigenvalue weighted by atomic mass is 10.1. The Morgan fingerprint density at radius 3 is 2.30 bits per heavy atom. The van der Waals surface area contributed by atoms with Crippen molar-refractivity contribution in [3.63, 3.8) is 0 Å². The van der Waals surface area contributed by atoms with Crippen molar-refractivity contribution < 1.29 is 27.4 Å². The van der Waals surface area contributed by atoms with E-state index < -0.39 is 27.7 Å². The highest BCUT2D eigenvalue weighted by atomic mass is 79.9. The van der Waals surface area contributed by atoms with Crippen molar-refractivity contribution in [1.82, 2.24) is 4.98 Å². The summed E-state index contributed by atoms with van der Waals surface area (Å²) in [5.74, 6) is -1.01. The molecule has 0 aliphatic rings. The van der Waals surface area contributed by atoms with Gasteiger partial charge >= 0.3 is 5.97 Å². The fraction of sp³-hybridized carbons (Fsp3) is 0.0455. The van der Waals surface area contributed by atoms with Gasteiger partial charge in [0.25, 0.3) is 0 Å². The van der Waals surface area contributed by atoms with Gasteiger partial charge in [0.15, 0.2) is 5.75 Å². The summed E-state index contributed by atoms with van der Waals surface area (Å²) in [6, 6.07) is 11.4. The number of aliphatic carboxylic acids is 1. The number of carboxylic acids is 1. The third-order valence-corrected chi connectivity index (χ3v) is 7.88. The molecule has 0 radical (unpaired) electrons. The van der Waals surface area contributed by atoms with Crippen molar-refractivity contribution in [2.75, 3.05) is 0 Å². The molecule has 0 saturated carbocycles. The number of aromatic amines is 1. The summed E-state index contributed by atoms with van der Waals surface area (Å²) >= 11 is 6.72. The largest absolute Gasteiger partial charge is 0.480 e. The molecule has 1 heterocycles. The quantitative estimate of drug-likeness (QED) is 0.251. The minimum Gasteiger partial charge on any atom is -0.480 e. The molecule has 33 heavy (non-hydrogen) atoms. The molecule has 0 saturated heterocycles. The summed E-state index contributed by atoms with van der Waals surface area (Å²) in [7, 11) is -3.91. The van der Waals surface area contributed by atoms with Gasteiger partial charge < -0.3 is 20.6 Å². The summed E-state index contributed by atoms with van der Waals surface area (Å²) in [5.41, 5.74) is 6.62. The van der Waals surface area contributed by atoms with Gasteiger partial charge in [-0.05, 0) is 92.0 Å². The number of halogens is 3. The first-order valence-electron chi connectivity index (χ1n) is 9.35. The molecule has 0 spiro atoms. The van der Waals surface area contributed by atoms with Crippen molar-refractivity contribution in [1.29, 1.82) is 0 Å². The number of sulfone groups is 1. The molecule has 4 aromatic rings. The fourth-order valence-corrected chi connectivity index (χ4v) is 6.02. The number of fused-ring (bicyclic) bond motifs is 1. The standard InChI is InChI=1S/C22H15Br2FN2O5S/c23-16-7-11(20(26)22(28)29)8-17(24)21(16)32-13-3-6-18-15(9-13)19(10-27-18)33(30,31)14-4-1-12(25)2-5-14/h1-10,20,27H,26H2,(H,28,29). The lowest BCUT2D eigenvalue weighted by Gasteiger charge is -2.14. The van der Waals surface area contributed by atoms with E-state index in [1.165, 1.54) is 30.5 Å². The summed E-state index contributed by atoms with van der Waals surface area (Å²) in [5, 5.41) is 9.53. The summed E-state index contributed by atoms with van der Waals surface area (Å²) in [6.45, 7) is 0. The van der Waals surface area contributed by atoms with E-state index in [0.717, 1.165) is 12.1 Å². The molecular weight excluding hydrogens is 583 g/mol. The number of aromatic nitrogens is 1. The monoisotopic (exact) mass is 596 g/mol. The molecular formula is C22H15Br2FN2O5S. The maximum Gasteiger partial charge on any atom is 0.325 e. The Morgan fingerprint density at radius 2 is 1.70 bits per heavy atom. The zero-order chi connectivity index (χ0) is 23.9. The number of carbonyl (C=O) groups is 1. The van der Waals surface area contributed by atoms with Gasteiger partial charge in [0.1, 0.15) is 17.6 Å². The second-order valence-electron chi connectivity index (χ2n) is 7.05. The van der Waals surface area contributed by atoms with Crippen molar-refractivity contribution in [2.24, 2.45) is 5.73 Å². The lowest BCUT2D eigenvalue weighted by Crippen LogP contribution is -2.20. The van der Waals surface area contributed by atoms with Crippen LogP contribution in [0.3, 0.4) is 0 Å².